The average Bonchev–Trinajstić information content (AvgIpc) is 2.33. The minimum Gasteiger partial charge on any atom is -0.492 e. The van der Waals surface area contributed by atoms with E-state index in [4.69, 9.17) is 32.7 Å². The third-order valence-corrected chi connectivity index (χ3v) is 3.15. The summed E-state index contributed by atoms with van der Waals surface area (Å²) in [6, 6.07) is 5.61. The van der Waals surface area contributed by atoms with Gasteiger partial charge >= 0.3 is 0 Å². The van der Waals surface area contributed by atoms with Gasteiger partial charge in [-0.05, 0) is 24.6 Å². The van der Waals surface area contributed by atoms with E-state index in [1.54, 1.807) is 18.2 Å². The maximum absolute atomic E-state index is 6.00. The Kier molecular flexibility index (Phi) is 4.92. The zero-order valence-electron chi connectivity index (χ0n) is 9.42. The number of hydrogen-bond donors (Lipinski definition) is 1. The summed E-state index contributed by atoms with van der Waals surface area (Å²) in [4.78, 5) is 0. The molecule has 1 fully saturated rings. The highest BCUT2D eigenvalue weighted by Crippen LogP contribution is 2.27. The third-order valence-electron chi connectivity index (χ3n) is 2.62. The molecule has 1 aliphatic heterocycles. The van der Waals surface area contributed by atoms with Gasteiger partial charge in [-0.15, -0.1) is 0 Å². The Morgan fingerprint density at radius 3 is 3.00 bits per heavy atom. The van der Waals surface area contributed by atoms with Crippen molar-refractivity contribution in [3.63, 3.8) is 0 Å². The van der Waals surface area contributed by atoms with Crippen LogP contribution in [0.2, 0.25) is 10.0 Å². The van der Waals surface area contributed by atoms with E-state index < -0.39 is 0 Å². The predicted octanol–water partition coefficient (Wildman–Crippen LogP) is 2.75. The molecule has 0 aromatic heterocycles. The lowest BCUT2D eigenvalue weighted by atomic mass is 10.2. The number of benzene rings is 1. The van der Waals surface area contributed by atoms with E-state index in [0.717, 1.165) is 26.2 Å². The van der Waals surface area contributed by atoms with Crippen LogP contribution in [0.5, 0.6) is 5.75 Å². The number of rotatable bonds is 4. The minimum atomic E-state index is 0.370. The van der Waals surface area contributed by atoms with Gasteiger partial charge in [-0.3, -0.25) is 0 Å². The van der Waals surface area contributed by atoms with E-state index in [1.807, 2.05) is 0 Å². The van der Waals surface area contributed by atoms with Crippen LogP contribution in [0.1, 0.15) is 6.42 Å². The monoisotopic (exact) mass is 275 g/mol. The fourth-order valence-corrected chi connectivity index (χ4v) is 2.17. The zero-order chi connectivity index (χ0) is 12.1. The van der Waals surface area contributed by atoms with E-state index in [9.17, 15) is 0 Å². The van der Waals surface area contributed by atoms with Crippen molar-refractivity contribution in [2.75, 3.05) is 26.4 Å². The lowest BCUT2D eigenvalue weighted by Crippen LogP contribution is -2.41. The Balaban J connectivity index is 1.77. The molecule has 0 spiro atoms. The van der Waals surface area contributed by atoms with Gasteiger partial charge in [0.1, 0.15) is 5.75 Å². The van der Waals surface area contributed by atoms with E-state index in [0.29, 0.717) is 28.4 Å². The lowest BCUT2D eigenvalue weighted by molar-refractivity contribution is 0.0691. The molecule has 2 rings (SSSR count). The van der Waals surface area contributed by atoms with Crippen molar-refractivity contribution in [1.29, 1.82) is 0 Å². The van der Waals surface area contributed by atoms with E-state index >= 15 is 0 Å². The van der Waals surface area contributed by atoms with Crippen molar-refractivity contribution < 1.29 is 9.47 Å². The van der Waals surface area contributed by atoms with Crippen molar-refractivity contribution in [3.8, 4) is 5.75 Å². The quantitative estimate of drug-likeness (QED) is 0.917. The van der Waals surface area contributed by atoms with E-state index in [2.05, 4.69) is 5.32 Å². The minimum absolute atomic E-state index is 0.370. The number of nitrogens with one attached hydrogen (secondary N) is 1. The molecule has 94 valence electrons. The second-order valence-corrected chi connectivity index (χ2v) is 4.78. The Labute approximate surface area is 111 Å². The fourth-order valence-electron chi connectivity index (χ4n) is 1.71. The van der Waals surface area contributed by atoms with Crippen LogP contribution >= 0.6 is 23.2 Å². The molecule has 1 aliphatic rings. The fraction of sp³-hybridized carbons (Fsp3) is 0.500. The van der Waals surface area contributed by atoms with Gasteiger partial charge in [-0.2, -0.15) is 0 Å². The van der Waals surface area contributed by atoms with Gasteiger partial charge in [-0.1, -0.05) is 23.2 Å². The maximum atomic E-state index is 6.00. The standard InChI is InChI=1S/C12H15Cl2NO2/c13-9-1-2-12(11(14)7-9)17-5-3-10-8-16-6-4-15-10/h1-2,7,10,15H,3-6,8H2. The van der Waals surface area contributed by atoms with Crippen LogP contribution in [-0.4, -0.2) is 32.4 Å². The van der Waals surface area contributed by atoms with Crippen LogP contribution in [0.15, 0.2) is 18.2 Å². The Morgan fingerprint density at radius 1 is 1.41 bits per heavy atom. The molecule has 17 heavy (non-hydrogen) atoms. The molecule has 1 unspecified atom stereocenters. The molecule has 0 saturated carbocycles. The molecule has 1 N–H and O–H groups in total. The van der Waals surface area contributed by atoms with Crippen molar-refractivity contribution >= 4 is 23.2 Å². The first-order valence-electron chi connectivity index (χ1n) is 5.64. The molecule has 1 aromatic rings. The zero-order valence-corrected chi connectivity index (χ0v) is 10.9. The van der Waals surface area contributed by atoms with Crippen LogP contribution in [0.4, 0.5) is 0 Å². The number of halogens is 2. The highest BCUT2D eigenvalue weighted by Gasteiger charge is 2.12. The molecule has 1 saturated heterocycles. The summed E-state index contributed by atoms with van der Waals surface area (Å²) >= 11 is 11.8. The van der Waals surface area contributed by atoms with E-state index in [1.165, 1.54) is 0 Å². The van der Waals surface area contributed by atoms with Gasteiger partial charge in [0.05, 0.1) is 24.8 Å². The molecule has 1 heterocycles. The molecule has 1 aromatic carbocycles. The molecule has 0 aliphatic carbocycles. The second kappa shape index (κ2) is 6.45. The lowest BCUT2D eigenvalue weighted by Gasteiger charge is -2.23. The molecule has 1 atom stereocenters. The number of ether oxygens (including phenoxy) is 2. The van der Waals surface area contributed by atoms with Crippen LogP contribution < -0.4 is 10.1 Å². The molecular weight excluding hydrogens is 261 g/mol. The summed E-state index contributed by atoms with van der Waals surface area (Å²) in [7, 11) is 0. The second-order valence-electron chi connectivity index (χ2n) is 3.94. The average molecular weight is 276 g/mol. The number of morpholine rings is 1. The first-order chi connectivity index (χ1) is 8.25. The normalized spacial score (nSPS) is 20.2. The van der Waals surface area contributed by atoms with Gasteiger partial charge in [0.25, 0.3) is 0 Å². The predicted molar refractivity (Wildman–Crippen MR) is 69.2 cm³/mol. The first kappa shape index (κ1) is 13.0. The van der Waals surface area contributed by atoms with Gasteiger partial charge in [0, 0.05) is 17.6 Å². The summed E-state index contributed by atoms with van der Waals surface area (Å²) in [6.07, 6.45) is 0.902. The van der Waals surface area contributed by atoms with Crippen molar-refractivity contribution in [3.05, 3.63) is 28.2 Å². The summed E-state index contributed by atoms with van der Waals surface area (Å²) in [5, 5.41) is 4.53. The van der Waals surface area contributed by atoms with Crippen molar-refractivity contribution in [2.45, 2.75) is 12.5 Å². The SMILES string of the molecule is Clc1ccc(OCCC2COCCN2)c(Cl)c1. The smallest absolute Gasteiger partial charge is 0.137 e. The molecule has 0 radical (unpaired) electrons. The molecular formula is C12H15Cl2NO2. The number of hydrogen-bond acceptors (Lipinski definition) is 3. The van der Waals surface area contributed by atoms with E-state index in [-0.39, 0.29) is 0 Å². The summed E-state index contributed by atoms with van der Waals surface area (Å²) in [6.45, 7) is 3.06. The largest absolute Gasteiger partial charge is 0.492 e. The summed E-state index contributed by atoms with van der Waals surface area (Å²) in [5.41, 5.74) is 0. The van der Waals surface area contributed by atoms with Gasteiger partial charge < -0.3 is 14.8 Å². The first-order valence-corrected chi connectivity index (χ1v) is 6.40. The molecule has 5 heteroatoms. The molecule has 3 nitrogen and oxygen atoms in total. The van der Waals surface area contributed by atoms with Gasteiger partial charge in [-0.25, -0.2) is 0 Å². The van der Waals surface area contributed by atoms with Crippen molar-refractivity contribution in [2.24, 2.45) is 0 Å². The Morgan fingerprint density at radius 2 is 2.29 bits per heavy atom. The van der Waals surface area contributed by atoms with Crippen LogP contribution in [-0.2, 0) is 4.74 Å². The Hall–Kier alpha value is -0.480. The Bertz CT molecular complexity index is 368. The summed E-state index contributed by atoms with van der Waals surface area (Å²) < 4.78 is 11.0. The maximum Gasteiger partial charge on any atom is 0.137 e. The summed E-state index contributed by atoms with van der Waals surface area (Å²) in [5.74, 6) is 0.674. The van der Waals surface area contributed by atoms with Crippen LogP contribution in [0, 0.1) is 0 Å². The molecule has 0 amide bonds. The third kappa shape index (κ3) is 4.03. The van der Waals surface area contributed by atoms with Gasteiger partial charge in [0.2, 0.25) is 0 Å². The van der Waals surface area contributed by atoms with Crippen molar-refractivity contribution in [1.82, 2.24) is 5.32 Å². The van der Waals surface area contributed by atoms with Crippen LogP contribution in [0.3, 0.4) is 0 Å². The highest BCUT2D eigenvalue weighted by molar-refractivity contribution is 6.35. The highest BCUT2D eigenvalue weighted by atomic mass is 35.5. The topological polar surface area (TPSA) is 30.5 Å². The van der Waals surface area contributed by atoms with Gasteiger partial charge in [0.15, 0.2) is 0 Å². The molecule has 0 bridgehead atoms. The van der Waals surface area contributed by atoms with Crippen LogP contribution in [0.25, 0.3) is 0 Å².